The molecule has 1 heterocycles. The SMILES string of the molecule is CC1CC(=O)N(C(C)C(=O)NCc2ccc(Cl)cc2)C1=O. The largest absolute Gasteiger partial charge is 0.350 e. The standard InChI is InChI=1S/C15H17ClN2O3/c1-9-7-13(19)18(15(9)21)10(2)14(20)17-8-11-3-5-12(16)6-4-11/h3-6,9-10H,7-8H2,1-2H3,(H,17,20). The molecule has 1 fully saturated rings. The summed E-state index contributed by atoms with van der Waals surface area (Å²) in [5, 5.41) is 3.35. The van der Waals surface area contributed by atoms with Gasteiger partial charge in [0.1, 0.15) is 6.04 Å². The second-order valence-corrected chi connectivity index (χ2v) is 5.66. The fourth-order valence-electron chi connectivity index (χ4n) is 2.27. The van der Waals surface area contributed by atoms with Gasteiger partial charge in [-0.05, 0) is 24.6 Å². The van der Waals surface area contributed by atoms with E-state index in [9.17, 15) is 14.4 Å². The molecule has 0 aromatic heterocycles. The third kappa shape index (κ3) is 3.42. The molecule has 112 valence electrons. The van der Waals surface area contributed by atoms with Crippen LogP contribution in [0.2, 0.25) is 5.02 Å². The van der Waals surface area contributed by atoms with E-state index in [1.165, 1.54) is 0 Å². The Labute approximate surface area is 128 Å². The van der Waals surface area contributed by atoms with Gasteiger partial charge < -0.3 is 5.32 Å². The monoisotopic (exact) mass is 308 g/mol. The van der Waals surface area contributed by atoms with E-state index in [1.807, 2.05) is 12.1 Å². The molecular formula is C15H17ClN2O3. The summed E-state index contributed by atoms with van der Waals surface area (Å²) in [4.78, 5) is 36.8. The van der Waals surface area contributed by atoms with Gasteiger partial charge in [-0.3, -0.25) is 19.3 Å². The van der Waals surface area contributed by atoms with E-state index < -0.39 is 6.04 Å². The summed E-state index contributed by atoms with van der Waals surface area (Å²) in [6.07, 6.45) is 0.174. The molecule has 2 atom stereocenters. The van der Waals surface area contributed by atoms with E-state index in [0.717, 1.165) is 10.5 Å². The fraction of sp³-hybridized carbons (Fsp3) is 0.400. The lowest BCUT2D eigenvalue weighted by molar-refractivity contribution is -0.146. The highest BCUT2D eigenvalue weighted by atomic mass is 35.5. The number of likely N-dealkylation sites (tertiary alicyclic amines) is 1. The van der Waals surface area contributed by atoms with Crippen LogP contribution < -0.4 is 5.32 Å². The van der Waals surface area contributed by atoms with Crippen molar-refractivity contribution in [2.24, 2.45) is 5.92 Å². The van der Waals surface area contributed by atoms with Crippen molar-refractivity contribution in [3.05, 3.63) is 34.9 Å². The van der Waals surface area contributed by atoms with Gasteiger partial charge in [0, 0.05) is 23.9 Å². The molecule has 0 bridgehead atoms. The van der Waals surface area contributed by atoms with Crippen molar-refractivity contribution in [3.63, 3.8) is 0 Å². The van der Waals surface area contributed by atoms with Crippen molar-refractivity contribution >= 4 is 29.3 Å². The summed E-state index contributed by atoms with van der Waals surface area (Å²) in [5.41, 5.74) is 0.896. The highest BCUT2D eigenvalue weighted by Gasteiger charge is 2.40. The van der Waals surface area contributed by atoms with E-state index in [0.29, 0.717) is 11.6 Å². The van der Waals surface area contributed by atoms with Crippen molar-refractivity contribution in [3.8, 4) is 0 Å². The fourth-order valence-corrected chi connectivity index (χ4v) is 2.40. The molecular weight excluding hydrogens is 292 g/mol. The van der Waals surface area contributed by atoms with Crippen LogP contribution in [-0.2, 0) is 20.9 Å². The third-order valence-corrected chi connectivity index (χ3v) is 3.81. The van der Waals surface area contributed by atoms with Gasteiger partial charge in [0.25, 0.3) is 0 Å². The minimum Gasteiger partial charge on any atom is -0.350 e. The Morgan fingerprint density at radius 2 is 2.00 bits per heavy atom. The first kappa shape index (κ1) is 15.5. The Bertz CT molecular complexity index is 571. The van der Waals surface area contributed by atoms with Gasteiger partial charge >= 0.3 is 0 Å². The van der Waals surface area contributed by atoms with Crippen LogP contribution in [0.5, 0.6) is 0 Å². The van der Waals surface area contributed by atoms with Crippen LogP contribution in [0, 0.1) is 5.92 Å². The number of carbonyl (C=O) groups excluding carboxylic acids is 3. The van der Waals surface area contributed by atoms with Crippen molar-refractivity contribution in [2.45, 2.75) is 32.9 Å². The number of nitrogens with one attached hydrogen (secondary N) is 1. The lowest BCUT2D eigenvalue weighted by atomic mass is 10.1. The Morgan fingerprint density at radius 1 is 1.38 bits per heavy atom. The maximum Gasteiger partial charge on any atom is 0.243 e. The molecule has 0 saturated carbocycles. The molecule has 1 saturated heterocycles. The van der Waals surface area contributed by atoms with Crippen LogP contribution in [0.4, 0.5) is 0 Å². The van der Waals surface area contributed by atoms with Crippen LogP contribution in [0.1, 0.15) is 25.8 Å². The van der Waals surface area contributed by atoms with Crippen molar-refractivity contribution in [1.82, 2.24) is 10.2 Å². The van der Waals surface area contributed by atoms with E-state index in [4.69, 9.17) is 11.6 Å². The topological polar surface area (TPSA) is 66.5 Å². The van der Waals surface area contributed by atoms with Gasteiger partial charge in [0.15, 0.2) is 0 Å². The molecule has 0 aliphatic carbocycles. The van der Waals surface area contributed by atoms with E-state index in [-0.39, 0.29) is 30.1 Å². The minimum absolute atomic E-state index is 0.174. The number of carbonyl (C=O) groups is 3. The lowest BCUT2D eigenvalue weighted by Crippen LogP contribution is -2.47. The number of hydrogen-bond acceptors (Lipinski definition) is 3. The van der Waals surface area contributed by atoms with E-state index >= 15 is 0 Å². The van der Waals surface area contributed by atoms with Gasteiger partial charge in [-0.2, -0.15) is 0 Å². The molecule has 6 heteroatoms. The van der Waals surface area contributed by atoms with Crippen LogP contribution >= 0.6 is 11.6 Å². The summed E-state index contributed by atoms with van der Waals surface area (Å²) in [5.74, 6) is -1.26. The summed E-state index contributed by atoms with van der Waals surface area (Å²) in [7, 11) is 0. The second kappa shape index (κ2) is 6.26. The van der Waals surface area contributed by atoms with Crippen LogP contribution in [0.25, 0.3) is 0 Å². The van der Waals surface area contributed by atoms with Gasteiger partial charge in [-0.25, -0.2) is 0 Å². The molecule has 0 radical (unpaired) electrons. The number of rotatable bonds is 4. The lowest BCUT2D eigenvalue weighted by Gasteiger charge is -2.22. The predicted molar refractivity (Wildman–Crippen MR) is 78.4 cm³/mol. The Hall–Kier alpha value is -1.88. The maximum absolute atomic E-state index is 12.1. The van der Waals surface area contributed by atoms with Crippen molar-refractivity contribution < 1.29 is 14.4 Å². The first-order valence-corrected chi connectivity index (χ1v) is 7.16. The normalized spacial score (nSPS) is 19.8. The van der Waals surface area contributed by atoms with Gasteiger partial charge in [0.05, 0.1) is 0 Å². The summed E-state index contributed by atoms with van der Waals surface area (Å²) in [6.45, 7) is 3.58. The summed E-state index contributed by atoms with van der Waals surface area (Å²) < 4.78 is 0. The highest BCUT2D eigenvalue weighted by Crippen LogP contribution is 2.21. The first-order chi connectivity index (χ1) is 9.90. The Morgan fingerprint density at radius 3 is 2.52 bits per heavy atom. The number of nitrogens with zero attached hydrogens (tertiary/aromatic N) is 1. The third-order valence-electron chi connectivity index (χ3n) is 3.56. The highest BCUT2D eigenvalue weighted by molar-refractivity contribution is 6.30. The zero-order chi connectivity index (χ0) is 15.6. The molecule has 2 unspecified atom stereocenters. The van der Waals surface area contributed by atoms with Gasteiger partial charge in [-0.1, -0.05) is 30.7 Å². The zero-order valence-corrected chi connectivity index (χ0v) is 12.7. The molecule has 1 aromatic rings. The van der Waals surface area contributed by atoms with E-state index in [1.54, 1.807) is 26.0 Å². The minimum atomic E-state index is -0.790. The van der Waals surface area contributed by atoms with Crippen LogP contribution in [-0.4, -0.2) is 28.7 Å². The van der Waals surface area contributed by atoms with Gasteiger partial charge in [-0.15, -0.1) is 0 Å². The molecule has 1 aliphatic rings. The Kier molecular flexibility index (Phi) is 4.63. The average Bonchev–Trinajstić information content (AvgIpc) is 2.70. The molecule has 2 rings (SSSR count). The van der Waals surface area contributed by atoms with Crippen LogP contribution in [0.3, 0.4) is 0 Å². The van der Waals surface area contributed by atoms with E-state index in [2.05, 4.69) is 5.32 Å². The Balaban J connectivity index is 1.95. The summed E-state index contributed by atoms with van der Waals surface area (Å²) >= 11 is 5.79. The molecule has 3 amide bonds. The average molecular weight is 309 g/mol. The van der Waals surface area contributed by atoms with Gasteiger partial charge in [0.2, 0.25) is 17.7 Å². The molecule has 5 nitrogen and oxygen atoms in total. The number of amides is 3. The molecule has 1 N–H and O–H groups in total. The number of hydrogen-bond donors (Lipinski definition) is 1. The number of imide groups is 1. The molecule has 1 aliphatic heterocycles. The quantitative estimate of drug-likeness (QED) is 0.862. The van der Waals surface area contributed by atoms with Crippen molar-refractivity contribution in [1.29, 1.82) is 0 Å². The smallest absolute Gasteiger partial charge is 0.243 e. The van der Waals surface area contributed by atoms with Crippen molar-refractivity contribution in [2.75, 3.05) is 0 Å². The first-order valence-electron chi connectivity index (χ1n) is 6.78. The zero-order valence-electron chi connectivity index (χ0n) is 11.9. The molecule has 1 aromatic carbocycles. The second-order valence-electron chi connectivity index (χ2n) is 5.23. The number of halogens is 1. The summed E-state index contributed by atoms with van der Waals surface area (Å²) in [6, 6.07) is 6.30. The van der Waals surface area contributed by atoms with Crippen LogP contribution in [0.15, 0.2) is 24.3 Å². The molecule has 0 spiro atoms. The number of benzene rings is 1. The predicted octanol–water partition coefficient (Wildman–Crippen LogP) is 1.74. The maximum atomic E-state index is 12.1. The molecule has 21 heavy (non-hydrogen) atoms.